The number of hydrogen-bond acceptors (Lipinski definition) is 5. The van der Waals surface area contributed by atoms with Crippen LogP contribution in [0.3, 0.4) is 0 Å². The summed E-state index contributed by atoms with van der Waals surface area (Å²) < 4.78 is 35.3. The van der Waals surface area contributed by atoms with Crippen LogP contribution in [0, 0.1) is 6.92 Å². The van der Waals surface area contributed by atoms with Crippen molar-refractivity contribution >= 4 is 38.7 Å². The van der Waals surface area contributed by atoms with Crippen molar-refractivity contribution in [2.75, 3.05) is 19.7 Å². The van der Waals surface area contributed by atoms with Gasteiger partial charge in [0.25, 0.3) is 0 Å². The van der Waals surface area contributed by atoms with Gasteiger partial charge in [0.15, 0.2) is 0 Å². The Bertz CT molecular complexity index is 1200. The average molecular weight is 463 g/mol. The van der Waals surface area contributed by atoms with Gasteiger partial charge < -0.3 is 9.30 Å². The molecular weight excluding hydrogens is 440 g/mol. The van der Waals surface area contributed by atoms with Crippen molar-refractivity contribution in [3.05, 3.63) is 59.2 Å². The third-order valence-corrected chi connectivity index (χ3v) is 7.40. The fourth-order valence-corrected chi connectivity index (χ4v) is 5.54. The van der Waals surface area contributed by atoms with Gasteiger partial charge in [-0.15, -0.1) is 0 Å². The smallest absolute Gasteiger partial charge is 0.373 e. The number of nitrogens with zero attached hydrogens (tertiary/aromatic N) is 2. The summed E-state index contributed by atoms with van der Waals surface area (Å²) in [6.07, 6.45) is 3.12. The van der Waals surface area contributed by atoms with Crippen molar-refractivity contribution in [3.63, 3.8) is 0 Å². The zero-order chi connectivity index (χ0) is 22.6. The molecule has 4 rings (SSSR count). The third-order valence-electron chi connectivity index (χ3n) is 5.29. The van der Waals surface area contributed by atoms with Crippen molar-refractivity contribution in [2.24, 2.45) is 0 Å². The quantitative estimate of drug-likeness (QED) is 0.570. The van der Waals surface area contributed by atoms with E-state index in [4.69, 9.17) is 25.9 Å². The average Bonchev–Trinajstić information content (AvgIpc) is 3.35. The van der Waals surface area contributed by atoms with Gasteiger partial charge in [-0.1, -0.05) is 17.7 Å². The summed E-state index contributed by atoms with van der Waals surface area (Å²) in [6.45, 7) is 5.46. The number of hydrogen-bond donors (Lipinski definition) is 0. The number of halogens is 1. The molecule has 1 aliphatic rings. The van der Waals surface area contributed by atoms with Crippen LogP contribution in [0.25, 0.3) is 10.9 Å². The van der Waals surface area contributed by atoms with Crippen molar-refractivity contribution in [3.8, 4) is 5.75 Å². The van der Waals surface area contributed by atoms with E-state index in [-0.39, 0.29) is 12.2 Å². The van der Waals surface area contributed by atoms with Crippen molar-refractivity contribution in [1.29, 1.82) is 0 Å². The molecule has 164 valence electrons. The van der Waals surface area contributed by atoms with Crippen molar-refractivity contribution < 1.29 is 22.7 Å². The van der Waals surface area contributed by atoms with E-state index in [1.807, 2.05) is 25.1 Å². The molecule has 1 atom stereocenters. The highest BCUT2D eigenvalue weighted by atomic mass is 35.5. The van der Waals surface area contributed by atoms with Gasteiger partial charge in [-0.2, -0.15) is 13.9 Å². The van der Waals surface area contributed by atoms with E-state index < -0.39 is 10.0 Å². The fourth-order valence-electron chi connectivity index (χ4n) is 3.88. The molecular formula is C22H23ClN2O5S. The van der Waals surface area contributed by atoms with Crippen LogP contribution in [0.2, 0.25) is 5.02 Å². The van der Waals surface area contributed by atoms with E-state index in [2.05, 4.69) is 17.7 Å². The molecule has 1 aromatic heterocycles. The van der Waals surface area contributed by atoms with Crippen LogP contribution in [0.4, 0.5) is 0 Å². The monoisotopic (exact) mass is 462 g/mol. The lowest BCUT2D eigenvalue weighted by atomic mass is 10.2. The maximum Gasteiger partial charge on any atom is 0.373 e. The maximum atomic E-state index is 13.1. The standard InChI is InChI=1S/C21H23ClN2O3S.CO2/c1-3-27-18-5-7-19(8-6-18)28(25,26)23-11-10-17(14-23)24-13-15(2)20-9-4-16(22)12-21(20)24;2-1-3/h4-9,12-13,17H,3,10-11,14H2,1-2H3;. The molecule has 1 fully saturated rings. The number of ether oxygens (including phenoxy) is 1. The first kappa shape index (κ1) is 23.0. The molecule has 1 unspecified atom stereocenters. The van der Waals surface area contributed by atoms with E-state index in [1.165, 1.54) is 5.56 Å². The Balaban J connectivity index is 0.000000858. The summed E-state index contributed by atoms with van der Waals surface area (Å²) in [7, 11) is -3.53. The molecule has 2 aromatic carbocycles. The molecule has 0 aliphatic carbocycles. The summed E-state index contributed by atoms with van der Waals surface area (Å²) in [6, 6.07) is 12.6. The predicted octanol–water partition coefficient (Wildman–Crippen LogP) is 4.05. The van der Waals surface area contributed by atoms with Gasteiger partial charge in [-0.05, 0) is 62.2 Å². The summed E-state index contributed by atoms with van der Waals surface area (Å²) in [5.74, 6) is 0.673. The van der Waals surface area contributed by atoms with Crippen LogP contribution in [0.1, 0.15) is 24.9 Å². The van der Waals surface area contributed by atoms with Gasteiger partial charge in [-0.25, -0.2) is 8.42 Å². The van der Waals surface area contributed by atoms with E-state index in [9.17, 15) is 8.42 Å². The third kappa shape index (κ3) is 4.83. The second-order valence-corrected chi connectivity index (χ2v) is 9.55. The van der Waals surface area contributed by atoms with Crippen LogP contribution in [-0.4, -0.2) is 43.1 Å². The molecule has 0 amide bonds. The van der Waals surface area contributed by atoms with Crippen molar-refractivity contribution in [2.45, 2.75) is 31.2 Å². The van der Waals surface area contributed by atoms with Crippen LogP contribution < -0.4 is 4.74 Å². The van der Waals surface area contributed by atoms with Gasteiger partial charge in [0.05, 0.1) is 17.0 Å². The molecule has 9 heteroatoms. The van der Waals surface area contributed by atoms with Gasteiger partial charge in [0.2, 0.25) is 10.0 Å². The SMILES string of the molecule is CCOc1ccc(S(=O)(=O)N2CCC(n3cc(C)c4ccc(Cl)cc43)C2)cc1.O=C=O. The van der Waals surface area contributed by atoms with Crippen LogP contribution in [0.15, 0.2) is 53.6 Å². The predicted molar refractivity (Wildman–Crippen MR) is 117 cm³/mol. The number of aromatic nitrogens is 1. The minimum absolute atomic E-state index is 0.0899. The summed E-state index contributed by atoms with van der Waals surface area (Å²) in [5.41, 5.74) is 2.22. The Labute approximate surface area is 186 Å². The van der Waals surface area contributed by atoms with Gasteiger partial charge in [0, 0.05) is 35.7 Å². The Hall–Kier alpha value is -2.64. The number of carbonyl (C=O) groups excluding carboxylic acids is 2. The molecule has 31 heavy (non-hydrogen) atoms. The van der Waals surface area contributed by atoms with Crippen LogP contribution >= 0.6 is 11.6 Å². The molecule has 7 nitrogen and oxygen atoms in total. The first-order chi connectivity index (χ1) is 14.8. The van der Waals surface area contributed by atoms with E-state index in [0.29, 0.717) is 35.4 Å². The normalized spacial score (nSPS) is 16.5. The fraction of sp³-hybridized carbons (Fsp3) is 0.318. The first-order valence-corrected chi connectivity index (χ1v) is 11.6. The highest BCUT2D eigenvalue weighted by Gasteiger charge is 2.33. The lowest BCUT2D eigenvalue weighted by Gasteiger charge is -2.18. The second-order valence-electron chi connectivity index (χ2n) is 7.17. The minimum atomic E-state index is -3.53. The lowest BCUT2D eigenvalue weighted by Crippen LogP contribution is -2.29. The summed E-state index contributed by atoms with van der Waals surface area (Å²) in [5, 5.41) is 1.83. The first-order valence-electron chi connectivity index (χ1n) is 9.80. The Kier molecular flexibility index (Phi) is 7.18. The van der Waals surface area contributed by atoms with Crippen LogP contribution in [0.5, 0.6) is 5.75 Å². The molecule has 1 saturated heterocycles. The highest BCUT2D eigenvalue weighted by Crippen LogP contribution is 2.33. The molecule has 0 spiro atoms. The number of fused-ring (bicyclic) bond motifs is 1. The van der Waals surface area contributed by atoms with Crippen molar-refractivity contribution in [1.82, 2.24) is 8.87 Å². The Morgan fingerprint density at radius 3 is 2.48 bits per heavy atom. The number of aryl methyl sites for hydroxylation is 1. The van der Waals surface area contributed by atoms with Gasteiger partial charge in [0.1, 0.15) is 5.75 Å². The molecule has 0 bridgehead atoms. The second kappa shape index (κ2) is 9.66. The van der Waals surface area contributed by atoms with Gasteiger partial charge >= 0.3 is 6.15 Å². The molecule has 0 saturated carbocycles. The summed E-state index contributed by atoms with van der Waals surface area (Å²) >= 11 is 6.19. The molecule has 3 aromatic rings. The lowest BCUT2D eigenvalue weighted by molar-refractivity contribution is -0.191. The molecule has 0 radical (unpaired) electrons. The molecule has 2 heterocycles. The topological polar surface area (TPSA) is 85.7 Å². The largest absolute Gasteiger partial charge is 0.494 e. The van der Waals surface area contributed by atoms with E-state index >= 15 is 0 Å². The zero-order valence-electron chi connectivity index (χ0n) is 17.2. The summed E-state index contributed by atoms with van der Waals surface area (Å²) in [4.78, 5) is 16.5. The van der Waals surface area contributed by atoms with Gasteiger partial charge in [-0.3, -0.25) is 0 Å². The number of benzene rings is 2. The molecule has 1 aliphatic heterocycles. The zero-order valence-corrected chi connectivity index (χ0v) is 18.8. The highest BCUT2D eigenvalue weighted by molar-refractivity contribution is 7.89. The number of sulfonamides is 1. The van der Waals surface area contributed by atoms with E-state index in [1.54, 1.807) is 28.6 Å². The minimum Gasteiger partial charge on any atom is -0.494 e. The number of rotatable bonds is 5. The Morgan fingerprint density at radius 1 is 1.16 bits per heavy atom. The maximum absolute atomic E-state index is 13.1. The molecule has 0 N–H and O–H groups in total. The van der Waals surface area contributed by atoms with Crippen LogP contribution in [-0.2, 0) is 19.6 Å². The Morgan fingerprint density at radius 2 is 1.84 bits per heavy atom. The van der Waals surface area contributed by atoms with E-state index in [0.717, 1.165) is 17.3 Å².